The maximum Gasteiger partial charge on any atom is 0.264 e. The molecule has 10 heteroatoms. The highest BCUT2D eigenvalue weighted by Gasteiger charge is 2.43. The van der Waals surface area contributed by atoms with Gasteiger partial charge in [-0.05, 0) is 19.4 Å². The number of nitrogens with zero attached hydrogens (tertiary/aromatic N) is 2. The number of hydroxylamine groups is 1. The average molecular weight is 407 g/mol. The third kappa shape index (κ3) is 3.95. The molecule has 0 aliphatic heterocycles. The molecule has 148 valence electrons. The van der Waals surface area contributed by atoms with Crippen molar-refractivity contribution >= 4 is 15.7 Å². The molecule has 8 nitrogen and oxygen atoms in total. The molecular weight excluding hydrogens is 389 g/mol. The summed E-state index contributed by atoms with van der Waals surface area (Å²) in [6.07, 6.45) is 1.35. The minimum absolute atomic E-state index is 0.0580. The van der Waals surface area contributed by atoms with Gasteiger partial charge in [0.25, 0.3) is 11.5 Å². The molecule has 0 fully saturated rings. The van der Waals surface area contributed by atoms with E-state index in [0.29, 0.717) is 0 Å². The number of hydrogen-bond acceptors (Lipinski definition) is 6. The van der Waals surface area contributed by atoms with E-state index in [2.05, 4.69) is 0 Å². The van der Waals surface area contributed by atoms with Gasteiger partial charge in [-0.25, -0.2) is 18.3 Å². The molecule has 0 aliphatic rings. The summed E-state index contributed by atoms with van der Waals surface area (Å²) < 4.78 is 37.5. The summed E-state index contributed by atoms with van der Waals surface area (Å²) in [5, 5.41) is 18.0. The number of nitrogens with one attached hydrogen (secondary N) is 1. The van der Waals surface area contributed by atoms with Gasteiger partial charge in [-0.15, -0.1) is 0 Å². The molecule has 0 aliphatic carbocycles. The normalized spacial score (nSPS) is 13.4. The average Bonchev–Trinajstić information content (AvgIpc) is 2.66. The Hall–Kier alpha value is -3.03. The van der Waals surface area contributed by atoms with Gasteiger partial charge in [0, 0.05) is 36.2 Å². The Labute approximate surface area is 160 Å². The minimum Gasteiger partial charge on any atom is -0.312 e. The van der Waals surface area contributed by atoms with Crippen molar-refractivity contribution in [2.75, 3.05) is 6.26 Å². The zero-order chi connectivity index (χ0) is 21.1. The van der Waals surface area contributed by atoms with E-state index in [0.717, 1.165) is 30.0 Å². The zero-order valence-electron chi connectivity index (χ0n) is 15.1. The lowest BCUT2D eigenvalue weighted by molar-refractivity contribution is -0.131. The molecule has 1 heterocycles. The van der Waals surface area contributed by atoms with E-state index in [1.165, 1.54) is 17.6 Å². The van der Waals surface area contributed by atoms with Gasteiger partial charge in [0.05, 0.1) is 11.6 Å². The molecule has 2 rings (SSSR count). The Balaban J connectivity index is 2.42. The van der Waals surface area contributed by atoms with Gasteiger partial charge in [-0.3, -0.25) is 14.8 Å². The van der Waals surface area contributed by atoms with Gasteiger partial charge >= 0.3 is 0 Å². The number of aromatic nitrogens is 1. The first-order chi connectivity index (χ1) is 13.0. The second-order valence-corrected chi connectivity index (χ2v) is 8.86. The lowest BCUT2D eigenvalue weighted by Gasteiger charge is -2.25. The van der Waals surface area contributed by atoms with Crippen molar-refractivity contribution in [2.24, 2.45) is 0 Å². The van der Waals surface area contributed by atoms with Crippen LogP contribution in [0, 0.1) is 17.1 Å². The number of pyridine rings is 1. The summed E-state index contributed by atoms with van der Waals surface area (Å²) in [7, 11) is -3.95. The lowest BCUT2D eigenvalue weighted by Crippen LogP contribution is -2.50. The predicted molar refractivity (Wildman–Crippen MR) is 98.6 cm³/mol. The quantitative estimate of drug-likeness (QED) is 0.547. The fraction of sp³-hybridized carbons (Fsp3) is 0.278. The van der Waals surface area contributed by atoms with Gasteiger partial charge in [0.1, 0.15) is 5.82 Å². The van der Waals surface area contributed by atoms with Crippen molar-refractivity contribution in [1.82, 2.24) is 10.0 Å². The molecule has 1 unspecified atom stereocenters. The highest BCUT2D eigenvalue weighted by atomic mass is 32.2. The molecule has 2 aromatic rings. The fourth-order valence-electron chi connectivity index (χ4n) is 2.66. The summed E-state index contributed by atoms with van der Waals surface area (Å²) >= 11 is 0. The van der Waals surface area contributed by atoms with Crippen LogP contribution in [0.5, 0.6) is 0 Å². The Morgan fingerprint density at radius 1 is 1.36 bits per heavy atom. The van der Waals surface area contributed by atoms with E-state index < -0.39 is 31.9 Å². The number of carbonyl (C=O) groups is 1. The molecule has 28 heavy (non-hydrogen) atoms. The fourth-order valence-corrected chi connectivity index (χ4v) is 3.51. The van der Waals surface area contributed by atoms with Gasteiger partial charge in [-0.1, -0.05) is 18.2 Å². The highest BCUT2D eigenvalue weighted by molar-refractivity contribution is 7.92. The van der Waals surface area contributed by atoms with Crippen LogP contribution < -0.4 is 11.0 Å². The molecule has 0 saturated heterocycles. The van der Waals surface area contributed by atoms with Crippen molar-refractivity contribution in [3.05, 3.63) is 58.3 Å². The smallest absolute Gasteiger partial charge is 0.264 e. The van der Waals surface area contributed by atoms with Gasteiger partial charge < -0.3 is 4.57 Å². The first kappa shape index (κ1) is 21.3. The number of hydrogen-bond donors (Lipinski definition) is 2. The Morgan fingerprint density at radius 2 is 2.00 bits per heavy atom. The van der Waals surface area contributed by atoms with Crippen LogP contribution in [0.15, 0.2) is 41.3 Å². The van der Waals surface area contributed by atoms with Crippen LogP contribution in [0.1, 0.15) is 18.9 Å². The highest BCUT2D eigenvalue weighted by Crippen LogP contribution is 2.25. The summed E-state index contributed by atoms with van der Waals surface area (Å²) in [5.74, 6) is -1.93. The molecule has 0 spiro atoms. The van der Waals surface area contributed by atoms with Crippen molar-refractivity contribution in [2.45, 2.75) is 24.6 Å². The molecule has 1 atom stereocenters. The van der Waals surface area contributed by atoms with Gasteiger partial charge in [0.15, 0.2) is 14.6 Å². The second kappa shape index (κ2) is 7.92. The third-order valence-electron chi connectivity index (χ3n) is 4.65. The SMILES string of the molecule is CC(CCn1cc(F)c(-c2ccccc2C#N)cc1=O)(C(=O)NO)S(C)(=O)=O. The van der Waals surface area contributed by atoms with Crippen LogP contribution in [-0.4, -0.2) is 35.1 Å². The van der Waals surface area contributed by atoms with E-state index >= 15 is 0 Å². The maximum atomic E-state index is 14.6. The molecule has 1 amide bonds. The number of carbonyl (C=O) groups excluding carboxylic acids is 1. The van der Waals surface area contributed by atoms with Crippen LogP contribution in [0.3, 0.4) is 0 Å². The molecule has 0 saturated carbocycles. The van der Waals surface area contributed by atoms with Gasteiger partial charge in [-0.2, -0.15) is 5.26 Å². The van der Waals surface area contributed by atoms with Crippen LogP contribution in [0.2, 0.25) is 0 Å². The number of benzene rings is 1. The first-order valence-electron chi connectivity index (χ1n) is 8.09. The summed E-state index contributed by atoms with van der Waals surface area (Å²) in [6.45, 7) is 0.819. The number of sulfone groups is 1. The first-order valence-corrected chi connectivity index (χ1v) is 9.98. The standard InChI is InChI=1S/C18H18FN3O5S/c1-18(17(24)21-25,28(2,26)27)7-8-22-11-15(19)14(9-16(22)23)13-6-4-3-5-12(13)10-20/h3-6,9,11,25H,7-8H2,1-2H3,(H,21,24). The third-order valence-corrected chi connectivity index (χ3v) is 6.67. The molecule has 0 bridgehead atoms. The van der Waals surface area contributed by atoms with E-state index in [1.54, 1.807) is 12.1 Å². The lowest BCUT2D eigenvalue weighted by atomic mass is 10.0. The molecular formula is C18H18FN3O5S. The summed E-state index contributed by atoms with van der Waals surface area (Å²) in [4.78, 5) is 24.2. The summed E-state index contributed by atoms with van der Waals surface area (Å²) in [6, 6.07) is 9.15. The number of amides is 1. The zero-order valence-corrected chi connectivity index (χ0v) is 16.0. The number of nitriles is 1. The topological polar surface area (TPSA) is 129 Å². The van der Waals surface area contributed by atoms with E-state index in [-0.39, 0.29) is 29.7 Å². The van der Waals surface area contributed by atoms with Crippen LogP contribution in [0.4, 0.5) is 4.39 Å². The van der Waals surface area contributed by atoms with Crippen LogP contribution >= 0.6 is 0 Å². The van der Waals surface area contributed by atoms with E-state index in [1.807, 2.05) is 6.07 Å². The van der Waals surface area contributed by atoms with E-state index in [4.69, 9.17) is 10.5 Å². The van der Waals surface area contributed by atoms with Crippen molar-refractivity contribution in [3.8, 4) is 17.2 Å². The minimum atomic E-state index is -3.95. The maximum absolute atomic E-state index is 14.6. The van der Waals surface area contributed by atoms with Crippen LogP contribution in [0.25, 0.3) is 11.1 Å². The Morgan fingerprint density at radius 3 is 2.57 bits per heavy atom. The van der Waals surface area contributed by atoms with Crippen molar-refractivity contribution in [3.63, 3.8) is 0 Å². The predicted octanol–water partition coefficient (Wildman–Crippen LogP) is 1.22. The van der Waals surface area contributed by atoms with Gasteiger partial charge in [0.2, 0.25) is 0 Å². The molecule has 1 aromatic heterocycles. The van der Waals surface area contributed by atoms with Crippen molar-refractivity contribution in [1.29, 1.82) is 5.26 Å². The monoisotopic (exact) mass is 407 g/mol. The molecule has 2 N–H and O–H groups in total. The number of halogens is 1. The van der Waals surface area contributed by atoms with E-state index in [9.17, 15) is 22.4 Å². The summed E-state index contributed by atoms with van der Waals surface area (Å²) in [5.41, 5.74) is 1.07. The molecule has 1 aromatic carbocycles. The second-order valence-electron chi connectivity index (χ2n) is 6.42. The van der Waals surface area contributed by atoms with Crippen molar-refractivity contribution < 1.29 is 22.8 Å². The van der Waals surface area contributed by atoms with Crippen LogP contribution in [-0.2, 0) is 21.2 Å². The Bertz CT molecular complexity index is 1120. The number of rotatable bonds is 6. The largest absolute Gasteiger partial charge is 0.312 e. The molecule has 0 radical (unpaired) electrons. The Kier molecular flexibility index (Phi) is 6.01. The number of aryl methyl sites for hydroxylation is 1.